The molecule has 6 heteroatoms. The molecule has 1 aliphatic heterocycles. The zero-order chi connectivity index (χ0) is 17.6. The molecule has 1 aliphatic rings. The molecule has 0 aliphatic carbocycles. The third kappa shape index (κ3) is 4.60. The van der Waals surface area contributed by atoms with Crippen molar-refractivity contribution < 1.29 is 9.53 Å². The van der Waals surface area contributed by atoms with E-state index in [2.05, 4.69) is 39.0 Å². The fourth-order valence-electron chi connectivity index (χ4n) is 3.11. The van der Waals surface area contributed by atoms with Crippen LogP contribution in [0.15, 0.2) is 41.1 Å². The molecule has 0 radical (unpaired) electrons. The highest BCUT2D eigenvalue weighted by molar-refractivity contribution is 7.07. The van der Waals surface area contributed by atoms with Gasteiger partial charge in [-0.05, 0) is 47.6 Å². The van der Waals surface area contributed by atoms with E-state index in [4.69, 9.17) is 4.74 Å². The van der Waals surface area contributed by atoms with Gasteiger partial charge < -0.3 is 15.0 Å². The summed E-state index contributed by atoms with van der Waals surface area (Å²) in [7, 11) is 3.76. The highest BCUT2D eigenvalue weighted by Crippen LogP contribution is 2.24. The molecule has 1 unspecified atom stereocenters. The van der Waals surface area contributed by atoms with Crippen LogP contribution in [0, 0.1) is 0 Å². The molecule has 3 rings (SSSR count). The molecular weight excluding hydrogens is 334 g/mol. The number of likely N-dealkylation sites (N-methyl/N-ethyl adjacent to an activating group) is 1. The smallest absolute Gasteiger partial charge is 0.251 e. The number of methoxy groups -OCH3 is 1. The third-order valence-electron chi connectivity index (χ3n) is 4.69. The lowest BCUT2D eigenvalue weighted by atomic mass is 10.1. The van der Waals surface area contributed by atoms with E-state index in [1.54, 1.807) is 24.5 Å². The van der Waals surface area contributed by atoms with Crippen molar-refractivity contribution >= 4 is 17.2 Å². The van der Waals surface area contributed by atoms with Crippen LogP contribution in [-0.4, -0.2) is 62.6 Å². The Kier molecular flexibility index (Phi) is 6.07. The molecule has 0 spiro atoms. The maximum atomic E-state index is 12.5. The molecule has 0 bridgehead atoms. The van der Waals surface area contributed by atoms with Gasteiger partial charge in [-0.1, -0.05) is 6.07 Å². The zero-order valence-electron chi connectivity index (χ0n) is 14.8. The van der Waals surface area contributed by atoms with Gasteiger partial charge in [0, 0.05) is 38.3 Å². The van der Waals surface area contributed by atoms with Crippen molar-refractivity contribution in [3.63, 3.8) is 0 Å². The van der Waals surface area contributed by atoms with Crippen LogP contribution in [0.4, 0.5) is 0 Å². The van der Waals surface area contributed by atoms with Gasteiger partial charge in [-0.3, -0.25) is 9.69 Å². The Bertz CT molecular complexity index is 682. The number of carbonyl (C=O) groups excluding carboxylic acids is 1. The first kappa shape index (κ1) is 17.9. The van der Waals surface area contributed by atoms with Crippen LogP contribution < -0.4 is 10.1 Å². The van der Waals surface area contributed by atoms with Crippen molar-refractivity contribution in [3.05, 3.63) is 52.2 Å². The predicted molar refractivity (Wildman–Crippen MR) is 101 cm³/mol. The number of nitrogens with one attached hydrogen (secondary N) is 1. The summed E-state index contributed by atoms with van der Waals surface area (Å²) in [4.78, 5) is 17.3. The number of ether oxygens (including phenoxy) is 1. The Labute approximate surface area is 153 Å². The Morgan fingerprint density at radius 1 is 1.28 bits per heavy atom. The van der Waals surface area contributed by atoms with Crippen LogP contribution in [0.3, 0.4) is 0 Å². The summed E-state index contributed by atoms with van der Waals surface area (Å²) < 4.78 is 5.20. The van der Waals surface area contributed by atoms with E-state index in [1.807, 2.05) is 18.2 Å². The summed E-state index contributed by atoms with van der Waals surface area (Å²) in [6, 6.07) is 9.64. The normalized spacial score (nSPS) is 17.2. The SMILES string of the molecule is COc1cccc(C(=O)NCC(c2ccsc2)N2CCN(C)CC2)c1. The van der Waals surface area contributed by atoms with Gasteiger partial charge in [0.05, 0.1) is 13.2 Å². The van der Waals surface area contributed by atoms with Gasteiger partial charge in [0.1, 0.15) is 5.75 Å². The topological polar surface area (TPSA) is 44.8 Å². The van der Waals surface area contributed by atoms with Crippen LogP contribution >= 0.6 is 11.3 Å². The number of hydrogen-bond acceptors (Lipinski definition) is 5. The number of nitrogens with zero attached hydrogens (tertiary/aromatic N) is 2. The van der Waals surface area contributed by atoms with Crippen LogP contribution in [0.2, 0.25) is 0 Å². The largest absolute Gasteiger partial charge is 0.497 e. The van der Waals surface area contributed by atoms with Crippen LogP contribution in [0.25, 0.3) is 0 Å². The minimum atomic E-state index is -0.0618. The summed E-state index contributed by atoms with van der Waals surface area (Å²) >= 11 is 1.70. The fraction of sp³-hybridized carbons (Fsp3) is 0.421. The molecule has 2 aromatic rings. The number of benzene rings is 1. The maximum absolute atomic E-state index is 12.5. The molecule has 5 nitrogen and oxygen atoms in total. The monoisotopic (exact) mass is 359 g/mol. The van der Waals surface area contributed by atoms with Crippen molar-refractivity contribution in [2.45, 2.75) is 6.04 Å². The van der Waals surface area contributed by atoms with E-state index in [1.165, 1.54) is 5.56 Å². The highest BCUT2D eigenvalue weighted by atomic mass is 32.1. The second-order valence-corrected chi connectivity index (χ2v) is 7.13. The van der Waals surface area contributed by atoms with Gasteiger partial charge in [-0.25, -0.2) is 0 Å². The Morgan fingerprint density at radius 2 is 2.08 bits per heavy atom. The van der Waals surface area contributed by atoms with Crippen molar-refractivity contribution in [1.29, 1.82) is 0 Å². The molecule has 2 heterocycles. The first-order valence-corrected chi connectivity index (χ1v) is 9.48. The van der Waals surface area contributed by atoms with E-state index in [0.29, 0.717) is 17.9 Å². The Balaban J connectivity index is 1.67. The minimum Gasteiger partial charge on any atom is -0.497 e. The molecule has 1 amide bonds. The first-order valence-electron chi connectivity index (χ1n) is 8.54. The number of piperazine rings is 1. The summed E-state index contributed by atoms with van der Waals surface area (Å²) in [5, 5.41) is 7.38. The van der Waals surface area contributed by atoms with E-state index in [0.717, 1.165) is 26.2 Å². The van der Waals surface area contributed by atoms with E-state index >= 15 is 0 Å². The van der Waals surface area contributed by atoms with Crippen LogP contribution in [0.1, 0.15) is 22.0 Å². The molecule has 0 saturated carbocycles. The lowest BCUT2D eigenvalue weighted by molar-refractivity contribution is 0.0886. The molecular formula is C19H25N3O2S. The third-order valence-corrected chi connectivity index (χ3v) is 5.40. The average Bonchev–Trinajstić information content (AvgIpc) is 3.17. The van der Waals surface area contributed by atoms with Crippen LogP contribution in [-0.2, 0) is 0 Å². The van der Waals surface area contributed by atoms with Gasteiger partial charge in [0.25, 0.3) is 5.91 Å². The van der Waals surface area contributed by atoms with Gasteiger partial charge in [-0.2, -0.15) is 11.3 Å². The van der Waals surface area contributed by atoms with Gasteiger partial charge in [0.15, 0.2) is 0 Å². The molecule has 1 aromatic heterocycles. The molecule has 25 heavy (non-hydrogen) atoms. The molecule has 1 atom stereocenters. The maximum Gasteiger partial charge on any atom is 0.251 e. The van der Waals surface area contributed by atoms with E-state index < -0.39 is 0 Å². The summed E-state index contributed by atoms with van der Waals surface area (Å²) in [5.41, 5.74) is 1.90. The number of rotatable bonds is 6. The summed E-state index contributed by atoms with van der Waals surface area (Å²) in [6.45, 7) is 4.77. The second-order valence-electron chi connectivity index (χ2n) is 6.35. The lowest BCUT2D eigenvalue weighted by Gasteiger charge is -2.38. The molecule has 1 aromatic carbocycles. The Hall–Kier alpha value is -1.89. The lowest BCUT2D eigenvalue weighted by Crippen LogP contribution is -2.48. The Morgan fingerprint density at radius 3 is 2.76 bits per heavy atom. The number of hydrogen-bond donors (Lipinski definition) is 1. The molecule has 134 valence electrons. The number of amides is 1. The predicted octanol–water partition coefficient (Wildman–Crippen LogP) is 2.48. The number of thiophene rings is 1. The average molecular weight is 359 g/mol. The van der Waals surface area contributed by atoms with E-state index in [-0.39, 0.29) is 11.9 Å². The zero-order valence-corrected chi connectivity index (χ0v) is 15.6. The van der Waals surface area contributed by atoms with Crippen molar-refractivity contribution in [2.24, 2.45) is 0 Å². The standard InChI is InChI=1S/C19H25N3O2S/c1-21-7-9-22(10-8-21)18(16-6-11-25-14-16)13-20-19(23)15-4-3-5-17(12-15)24-2/h3-6,11-12,14,18H,7-10,13H2,1-2H3,(H,20,23). The quantitative estimate of drug-likeness (QED) is 0.861. The van der Waals surface area contributed by atoms with Crippen molar-refractivity contribution in [3.8, 4) is 5.75 Å². The minimum absolute atomic E-state index is 0.0618. The van der Waals surface area contributed by atoms with E-state index in [9.17, 15) is 4.79 Å². The molecule has 1 saturated heterocycles. The van der Waals surface area contributed by atoms with Crippen LogP contribution in [0.5, 0.6) is 5.75 Å². The van der Waals surface area contributed by atoms with Gasteiger partial charge >= 0.3 is 0 Å². The van der Waals surface area contributed by atoms with Gasteiger partial charge in [0.2, 0.25) is 0 Å². The fourth-order valence-corrected chi connectivity index (χ4v) is 3.82. The molecule has 1 N–H and O–H groups in total. The summed E-state index contributed by atoms with van der Waals surface area (Å²) in [5.74, 6) is 0.634. The number of carbonyl (C=O) groups is 1. The van der Waals surface area contributed by atoms with Crippen molar-refractivity contribution in [1.82, 2.24) is 15.1 Å². The first-order chi connectivity index (χ1) is 12.2. The highest BCUT2D eigenvalue weighted by Gasteiger charge is 2.24. The molecule has 1 fully saturated rings. The van der Waals surface area contributed by atoms with Crippen molar-refractivity contribution in [2.75, 3.05) is 46.9 Å². The van der Waals surface area contributed by atoms with Gasteiger partial charge in [-0.15, -0.1) is 0 Å². The second kappa shape index (κ2) is 8.47. The summed E-state index contributed by atoms with van der Waals surface area (Å²) in [6.07, 6.45) is 0.